The van der Waals surface area contributed by atoms with Gasteiger partial charge < -0.3 is 15.4 Å². The van der Waals surface area contributed by atoms with E-state index in [1.807, 2.05) is 19.9 Å². The standard InChI is InChI=1S/C27H29ClN2O5S/c1-18-5-9-22(10-6-18)36(32,33)35-15-14-34-26-4-3-13-30(25-12-7-20(28)17-24(25)26)27(31)23-11-8-21(29)16-19(23)2/h5-12,16-17,26H,3-4,13-15,29H2,1-2H3. The Morgan fingerprint density at radius 2 is 1.81 bits per heavy atom. The predicted molar refractivity (Wildman–Crippen MR) is 141 cm³/mol. The molecule has 0 saturated heterocycles. The molecule has 3 aromatic carbocycles. The minimum absolute atomic E-state index is 0.0622. The lowest BCUT2D eigenvalue weighted by Crippen LogP contribution is -2.32. The Morgan fingerprint density at radius 3 is 2.53 bits per heavy atom. The second kappa shape index (κ2) is 11.0. The van der Waals surface area contributed by atoms with Gasteiger partial charge in [0, 0.05) is 34.1 Å². The van der Waals surface area contributed by atoms with Crippen molar-refractivity contribution in [1.82, 2.24) is 0 Å². The highest BCUT2D eigenvalue weighted by atomic mass is 35.5. The first-order chi connectivity index (χ1) is 17.2. The Hall–Kier alpha value is -2.91. The molecule has 1 aliphatic rings. The van der Waals surface area contributed by atoms with E-state index in [0.717, 1.165) is 22.4 Å². The van der Waals surface area contributed by atoms with E-state index in [9.17, 15) is 13.2 Å². The number of carbonyl (C=O) groups excluding carboxylic acids is 1. The number of nitrogens with zero attached hydrogens (tertiary/aromatic N) is 1. The first-order valence-corrected chi connectivity index (χ1v) is 13.5. The zero-order valence-corrected chi connectivity index (χ0v) is 21.8. The highest BCUT2D eigenvalue weighted by Gasteiger charge is 2.29. The van der Waals surface area contributed by atoms with E-state index in [1.165, 1.54) is 12.1 Å². The number of hydrogen-bond acceptors (Lipinski definition) is 6. The maximum atomic E-state index is 13.5. The average Bonchev–Trinajstić information content (AvgIpc) is 3.01. The van der Waals surface area contributed by atoms with Gasteiger partial charge in [0.2, 0.25) is 0 Å². The number of rotatable bonds is 7. The smallest absolute Gasteiger partial charge is 0.297 e. The van der Waals surface area contributed by atoms with E-state index >= 15 is 0 Å². The van der Waals surface area contributed by atoms with Crippen molar-refractivity contribution in [3.63, 3.8) is 0 Å². The molecular formula is C27H29ClN2O5S. The molecule has 0 aromatic heterocycles. The third-order valence-electron chi connectivity index (χ3n) is 6.15. The van der Waals surface area contributed by atoms with Crippen molar-refractivity contribution in [1.29, 1.82) is 0 Å². The van der Waals surface area contributed by atoms with Gasteiger partial charge in [-0.15, -0.1) is 0 Å². The fourth-order valence-electron chi connectivity index (χ4n) is 4.30. The molecule has 3 aromatic rings. The van der Waals surface area contributed by atoms with Crippen molar-refractivity contribution in [3.05, 3.63) is 87.9 Å². The van der Waals surface area contributed by atoms with E-state index in [1.54, 1.807) is 47.4 Å². The summed E-state index contributed by atoms with van der Waals surface area (Å²) in [5, 5.41) is 0.526. The van der Waals surface area contributed by atoms with Crippen molar-refractivity contribution in [2.75, 3.05) is 30.4 Å². The number of halogens is 1. The highest BCUT2D eigenvalue weighted by molar-refractivity contribution is 7.86. The largest absolute Gasteiger partial charge is 0.399 e. The van der Waals surface area contributed by atoms with Crippen LogP contribution < -0.4 is 10.6 Å². The van der Waals surface area contributed by atoms with E-state index < -0.39 is 10.1 Å². The molecular weight excluding hydrogens is 500 g/mol. The second-order valence-corrected chi connectivity index (χ2v) is 10.9. The number of benzene rings is 3. The number of aryl methyl sites for hydroxylation is 2. The summed E-state index contributed by atoms with van der Waals surface area (Å²) >= 11 is 6.31. The Bertz CT molecular complexity index is 1360. The van der Waals surface area contributed by atoms with Gasteiger partial charge in [-0.25, -0.2) is 0 Å². The predicted octanol–water partition coefficient (Wildman–Crippen LogP) is 5.44. The number of hydrogen-bond donors (Lipinski definition) is 1. The van der Waals surface area contributed by atoms with Crippen LogP contribution in [0.15, 0.2) is 65.6 Å². The first kappa shape index (κ1) is 26.2. The van der Waals surface area contributed by atoms with Crippen LogP contribution in [0.4, 0.5) is 11.4 Å². The van der Waals surface area contributed by atoms with Gasteiger partial charge in [-0.05, 0) is 80.8 Å². The molecule has 36 heavy (non-hydrogen) atoms. The number of fused-ring (bicyclic) bond motifs is 1. The van der Waals surface area contributed by atoms with Crippen LogP contribution >= 0.6 is 11.6 Å². The number of ether oxygens (including phenoxy) is 1. The molecule has 1 heterocycles. The van der Waals surface area contributed by atoms with E-state index in [2.05, 4.69) is 0 Å². The number of nitrogen functional groups attached to an aromatic ring is 1. The lowest BCUT2D eigenvalue weighted by Gasteiger charge is -2.25. The molecule has 0 fully saturated rings. The SMILES string of the molecule is Cc1ccc(S(=O)(=O)OCCOC2CCCN(C(=O)c3ccc(N)cc3C)c3ccc(Cl)cc32)cc1. The van der Waals surface area contributed by atoms with Crippen molar-refractivity contribution >= 4 is 39.0 Å². The molecule has 0 aliphatic carbocycles. The monoisotopic (exact) mass is 528 g/mol. The van der Waals surface area contributed by atoms with Gasteiger partial charge in [0.05, 0.1) is 24.2 Å². The molecule has 7 nitrogen and oxygen atoms in total. The zero-order valence-electron chi connectivity index (χ0n) is 20.2. The molecule has 1 atom stereocenters. The summed E-state index contributed by atoms with van der Waals surface area (Å²) in [6, 6.07) is 17.1. The summed E-state index contributed by atoms with van der Waals surface area (Å²) < 4.78 is 36.1. The van der Waals surface area contributed by atoms with Gasteiger partial charge in [-0.2, -0.15) is 8.42 Å². The molecule has 0 spiro atoms. The van der Waals surface area contributed by atoms with Gasteiger partial charge in [-0.3, -0.25) is 8.98 Å². The Balaban J connectivity index is 1.49. The Morgan fingerprint density at radius 1 is 1.06 bits per heavy atom. The lowest BCUT2D eigenvalue weighted by atomic mass is 10.0. The minimum atomic E-state index is -3.88. The maximum absolute atomic E-state index is 13.5. The lowest BCUT2D eigenvalue weighted by molar-refractivity contribution is 0.0295. The Kier molecular flexibility index (Phi) is 8.00. The van der Waals surface area contributed by atoms with Crippen LogP contribution in [0.5, 0.6) is 0 Å². The van der Waals surface area contributed by atoms with Crippen molar-refractivity contribution in [2.45, 2.75) is 37.7 Å². The third-order valence-corrected chi connectivity index (χ3v) is 7.71. The van der Waals surface area contributed by atoms with Crippen LogP contribution in [-0.4, -0.2) is 34.1 Å². The van der Waals surface area contributed by atoms with Crippen molar-refractivity contribution in [2.24, 2.45) is 0 Å². The molecule has 1 unspecified atom stereocenters. The van der Waals surface area contributed by atoms with Crippen LogP contribution in [-0.2, 0) is 19.0 Å². The van der Waals surface area contributed by atoms with Gasteiger partial charge in [-0.1, -0.05) is 29.3 Å². The van der Waals surface area contributed by atoms with E-state index in [4.69, 9.17) is 26.3 Å². The van der Waals surface area contributed by atoms with E-state index in [-0.39, 0.29) is 30.1 Å². The summed E-state index contributed by atoms with van der Waals surface area (Å²) in [6.45, 7) is 4.19. The molecule has 9 heteroatoms. The normalized spacial score (nSPS) is 15.9. The molecule has 4 rings (SSSR count). The molecule has 0 bridgehead atoms. The van der Waals surface area contributed by atoms with Gasteiger partial charge in [0.1, 0.15) is 0 Å². The number of anilines is 2. The summed E-state index contributed by atoms with van der Waals surface area (Å²) in [7, 11) is -3.88. The van der Waals surface area contributed by atoms with Crippen LogP contribution in [0.2, 0.25) is 5.02 Å². The first-order valence-electron chi connectivity index (χ1n) is 11.7. The van der Waals surface area contributed by atoms with Crippen LogP contribution in [0, 0.1) is 13.8 Å². The summed E-state index contributed by atoms with van der Waals surface area (Å²) in [4.78, 5) is 15.3. The molecule has 2 N–H and O–H groups in total. The van der Waals surface area contributed by atoms with Crippen LogP contribution in [0.1, 0.15) is 46.0 Å². The number of amides is 1. The van der Waals surface area contributed by atoms with Crippen LogP contribution in [0.3, 0.4) is 0 Å². The van der Waals surface area contributed by atoms with Gasteiger partial charge >= 0.3 is 0 Å². The van der Waals surface area contributed by atoms with Crippen LogP contribution in [0.25, 0.3) is 0 Å². The fraction of sp³-hybridized carbons (Fsp3) is 0.296. The molecule has 0 saturated carbocycles. The molecule has 190 valence electrons. The topological polar surface area (TPSA) is 98.9 Å². The Labute approximate surface area is 216 Å². The maximum Gasteiger partial charge on any atom is 0.297 e. The minimum Gasteiger partial charge on any atom is -0.399 e. The van der Waals surface area contributed by atoms with Gasteiger partial charge in [0.25, 0.3) is 16.0 Å². The summed E-state index contributed by atoms with van der Waals surface area (Å²) in [6.07, 6.45) is 0.969. The average molecular weight is 529 g/mol. The highest BCUT2D eigenvalue weighted by Crippen LogP contribution is 2.38. The summed E-state index contributed by atoms with van der Waals surface area (Å²) in [5.74, 6) is -0.121. The molecule has 1 amide bonds. The zero-order chi connectivity index (χ0) is 25.9. The quantitative estimate of drug-likeness (QED) is 0.249. The van der Waals surface area contributed by atoms with E-state index in [0.29, 0.717) is 35.7 Å². The van der Waals surface area contributed by atoms with Gasteiger partial charge in [0.15, 0.2) is 0 Å². The molecule has 0 radical (unpaired) electrons. The number of carbonyl (C=O) groups is 1. The fourth-order valence-corrected chi connectivity index (χ4v) is 5.38. The molecule has 1 aliphatic heterocycles. The third kappa shape index (κ3) is 5.90. The van der Waals surface area contributed by atoms with Crippen molar-refractivity contribution < 1.29 is 22.1 Å². The van der Waals surface area contributed by atoms with Crippen molar-refractivity contribution in [3.8, 4) is 0 Å². The second-order valence-electron chi connectivity index (χ2n) is 8.83. The summed E-state index contributed by atoms with van der Waals surface area (Å²) in [5.41, 5.74) is 10.3. The number of nitrogens with two attached hydrogens (primary N) is 1.